The van der Waals surface area contributed by atoms with E-state index in [9.17, 15) is 0 Å². The molecule has 0 spiro atoms. The quantitative estimate of drug-likeness (QED) is 0.386. The summed E-state index contributed by atoms with van der Waals surface area (Å²) in [4.78, 5) is 9.31. The third-order valence-electron chi connectivity index (χ3n) is 4.08. The lowest BCUT2D eigenvalue weighted by Crippen LogP contribution is -1.96. The van der Waals surface area contributed by atoms with Crippen LogP contribution < -0.4 is 4.74 Å². The van der Waals surface area contributed by atoms with E-state index in [2.05, 4.69) is 27.0 Å². The van der Waals surface area contributed by atoms with E-state index in [4.69, 9.17) is 15.0 Å². The maximum Gasteiger partial charge on any atom is 0.223 e. The molecule has 0 bridgehead atoms. The van der Waals surface area contributed by atoms with Gasteiger partial charge in [0.2, 0.25) is 5.88 Å². The first-order valence-electron chi connectivity index (χ1n) is 8.60. The lowest BCUT2D eigenvalue weighted by molar-refractivity contribution is 0.462. The molecule has 0 aliphatic heterocycles. The Morgan fingerprint density at radius 1 is 0.786 bits per heavy atom. The van der Waals surface area contributed by atoms with Gasteiger partial charge >= 0.3 is 0 Å². The van der Waals surface area contributed by atoms with Crippen LogP contribution in [0.5, 0.6) is 11.6 Å². The zero-order valence-electron chi connectivity index (χ0n) is 14.7. The van der Waals surface area contributed by atoms with Gasteiger partial charge in [-0.25, -0.2) is 4.98 Å². The topological polar surface area (TPSA) is 58.8 Å². The molecule has 0 radical (unpaired) electrons. The van der Waals surface area contributed by atoms with Crippen LogP contribution in [0.1, 0.15) is 5.56 Å². The molecule has 0 unspecified atom stereocenters. The second-order valence-corrected chi connectivity index (χ2v) is 6.94. The van der Waals surface area contributed by atoms with E-state index in [0.29, 0.717) is 23.0 Å². The predicted octanol–water partition coefficient (Wildman–Crippen LogP) is 6.24. The summed E-state index contributed by atoms with van der Waals surface area (Å²) in [5.74, 6) is 1.63. The zero-order valence-corrected chi connectivity index (χ0v) is 16.3. The van der Waals surface area contributed by atoms with E-state index >= 15 is 0 Å². The van der Waals surface area contributed by atoms with E-state index in [1.807, 2.05) is 60.7 Å². The molecule has 4 aromatic rings. The molecule has 1 heterocycles. The Morgan fingerprint density at radius 3 is 2.18 bits per heavy atom. The third kappa shape index (κ3) is 4.08. The molecule has 4 rings (SSSR count). The normalized spacial score (nSPS) is 10.3. The Morgan fingerprint density at radius 2 is 1.50 bits per heavy atom. The highest BCUT2D eigenvalue weighted by molar-refractivity contribution is 9.10. The molecule has 0 saturated carbocycles. The van der Waals surface area contributed by atoms with Gasteiger partial charge < -0.3 is 4.74 Å². The van der Waals surface area contributed by atoms with Crippen LogP contribution in [0.25, 0.3) is 22.6 Å². The Kier molecular flexibility index (Phi) is 5.14. The second kappa shape index (κ2) is 8.03. The van der Waals surface area contributed by atoms with Gasteiger partial charge in [0, 0.05) is 21.7 Å². The molecule has 3 aromatic carbocycles. The fourth-order valence-corrected chi connectivity index (χ4v) is 2.94. The molecule has 0 aliphatic carbocycles. The van der Waals surface area contributed by atoms with E-state index in [0.717, 1.165) is 21.3 Å². The van der Waals surface area contributed by atoms with Crippen LogP contribution in [-0.4, -0.2) is 9.97 Å². The molecule has 0 atom stereocenters. The van der Waals surface area contributed by atoms with Crippen LogP contribution in [0.15, 0.2) is 89.4 Å². The standard InChI is InChI=1S/C23H14BrN3O/c24-19-10-8-18(9-11-19)23-26-21(17-4-2-1-3-5-17)14-22(27-23)28-20-12-6-16(15-25)7-13-20/h1-14H. The average Bonchev–Trinajstić information content (AvgIpc) is 2.75. The fraction of sp³-hybridized carbons (Fsp3) is 0. The minimum Gasteiger partial charge on any atom is -0.439 e. The van der Waals surface area contributed by atoms with Crippen LogP contribution >= 0.6 is 15.9 Å². The van der Waals surface area contributed by atoms with Crippen molar-refractivity contribution in [1.29, 1.82) is 5.26 Å². The van der Waals surface area contributed by atoms with Gasteiger partial charge in [-0.3, -0.25) is 0 Å². The summed E-state index contributed by atoms with van der Waals surface area (Å²) in [6, 6.07) is 28.6. The highest BCUT2D eigenvalue weighted by Crippen LogP contribution is 2.28. The first-order valence-corrected chi connectivity index (χ1v) is 9.39. The van der Waals surface area contributed by atoms with Crippen LogP contribution in [-0.2, 0) is 0 Å². The number of ether oxygens (including phenoxy) is 1. The number of nitriles is 1. The van der Waals surface area contributed by atoms with Crippen LogP contribution in [0.2, 0.25) is 0 Å². The average molecular weight is 428 g/mol. The van der Waals surface area contributed by atoms with Crippen molar-refractivity contribution in [2.75, 3.05) is 0 Å². The van der Waals surface area contributed by atoms with Crippen molar-refractivity contribution in [3.05, 3.63) is 95.0 Å². The number of aromatic nitrogens is 2. The molecule has 4 nitrogen and oxygen atoms in total. The number of benzene rings is 3. The van der Waals surface area contributed by atoms with Gasteiger partial charge in [0.25, 0.3) is 0 Å². The predicted molar refractivity (Wildman–Crippen MR) is 112 cm³/mol. The number of nitrogens with zero attached hydrogens (tertiary/aromatic N) is 3. The van der Waals surface area contributed by atoms with Crippen molar-refractivity contribution in [2.45, 2.75) is 0 Å². The van der Waals surface area contributed by atoms with Crippen molar-refractivity contribution < 1.29 is 4.74 Å². The Hall–Kier alpha value is -3.49. The molecule has 0 saturated heterocycles. The number of hydrogen-bond donors (Lipinski definition) is 0. The van der Waals surface area contributed by atoms with Gasteiger partial charge in [0.15, 0.2) is 5.82 Å². The molecule has 0 amide bonds. The lowest BCUT2D eigenvalue weighted by Gasteiger charge is -2.10. The smallest absolute Gasteiger partial charge is 0.223 e. The van der Waals surface area contributed by atoms with Gasteiger partial charge in [0.1, 0.15) is 5.75 Å². The Balaban J connectivity index is 1.77. The summed E-state index contributed by atoms with van der Waals surface area (Å²) in [5.41, 5.74) is 3.23. The second-order valence-electron chi connectivity index (χ2n) is 6.03. The van der Waals surface area contributed by atoms with E-state index in [1.54, 1.807) is 24.3 Å². The first-order chi connectivity index (χ1) is 13.7. The SMILES string of the molecule is N#Cc1ccc(Oc2cc(-c3ccccc3)nc(-c3ccc(Br)cc3)n2)cc1. The van der Waals surface area contributed by atoms with Crippen molar-refractivity contribution in [1.82, 2.24) is 9.97 Å². The Labute approximate surface area is 171 Å². The molecule has 0 fully saturated rings. The third-order valence-corrected chi connectivity index (χ3v) is 4.61. The molecule has 5 heteroatoms. The Bertz CT molecular complexity index is 1140. The maximum absolute atomic E-state index is 8.95. The van der Waals surface area contributed by atoms with E-state index in [-0.39, 0.29) is 0 Å². The van der Waals surface area contributed by atoms with Crippen LogP contribution in [0.4, 0.5) is 0 Å². The van der Waals surface area contributed by atoms with Gasteiger partial charge in [-0.1, -0.05) is 58.4 Å². The first kappa shape index (κ1) is 17.9. The van der Waals surface area contributed by atoms with Crippen LogP contribution in [0, 0.1) is 11.3 Å². The number of rotatable bonds is 4. The molecule has 28 heavy (non-hydrogen) atoms. The molecular formula is C23H14BrN3O. The molecular weight excluding hydrogens is 414 g/mol. The molecule has 1 aromatic heterocycles. The number of hydrogen-bond acceptors (Lipinski definition) is 4. The lowest BCUT2D eigenvalue weighted by atomic mass is 10.1. The highest BCUT2D eigenvalue weighted by atomic mass is 79.9. The molecule has 134 valence electrons. The zero-order chi connectivity index (χ0) is 19.3. The van der Waals surface area contributed by atoms with Crippen molar-refractivity contribution in [3.8, 4) is 40.3 Å². The van der Waals surface area contributed by atoms with Crippen molar-refractivity contribution in [2.24, 2.45) is 0 Å². The summed E-state index contributed by atoms with van der Waals surface area (Å²) in [6.45, 7) is 0. The molecule has 0 aliphatic rings. The maximum atomic E-state index is 8.95. The monoisotopic (exact) mass is 427 g/mol. The fourth-order valence-electron chi connectivity index (χ4n) is 2.68. The minimum atomic E-state index is 0.441. The van der Waals surface area contributed by atoms with Crippen molar-refractivity contribution >= 4 is 15.9 Å². The minimum absolute atomic E-state index is 0.441. The van der Waals surface area contributed by atoms with Crippen LogP contribution in [0.3, 0.4) is 0 Å². The van der Waals surface area contributed by atoms with Crippen molar-refractivity contribution in [3.63, 3.8) is 0 Å². The van der Waals surface area contributed by atoms with Gasteiger partial charge in [-0.2, -0.15) is 10.2 Å². The summed E-state index contributed by atoms with van der Waals surface area (Å²) >= 11 is 3.45. The van der Waals surface area contributed by atoms with E-state index in [1.165, 1.54) is 0 Å². The highest BCUT2D eigenvalue weighted by Gasteiger charge is 2.10. The summed E-state index contributed by atoms with van der Waals surface area (Å²) < 4.78 is 6.95. The van der Waals surface area contributed by atoms with Gasteiger partial charge in [-0.15, -0.1) is 0 Å². The summed E-state index contributed by atoms with van der Waals surface area (Å²) in [7, 11) is 0. The van der Waals surface area contributed by atoms with Gasteiger partial charge in [-0.05, 0) is 36.4 Å². The number of halogens is 1. The largest absolute Gasteiger partial charge is 0.439 e. The summed E-state index contributed by atoms with van der Waals surface area (Å²) in [6.07, 6.45) is 0. The summed E-state index contributed by atoms with van der Waals surface area (Å²) in [5, 5.41) is 8.95. The molecule has 0 N–H and O–H groups in total. The van der Waals surface area contributed by atoms with E-state index < -0.39 is 0 Å². The van der Waals surface area contributed by atoms with Gasteiger partial charge in [0.05, 0.1) is 17.3 Å².